The van der Waals surface area contributed by atoms with Crippen molar-refractivity contribution < 1.29 is 97.1 Å². The first-order valence-corrected chi connectivity index (χ1v) is 27.9. The number of carbonyl (C=O) groups is 2. The lowest BCUT2D eigenvalue weighted by Crippen LogP contribution is -2.65. The first-order chi connectivity index (χ1) is 36.0. The van der Waals surface area contributed by atoms with Gasteiger partial charge in [0.05, 0.1) is 48.8 Å². The summed E-state index contributed by atoms with van der Waals surface area (Å²) in [5.41, 5.74) is 0.216. The summed E-state index contributed by atoms with van der Waals surface area (Å²) in [7, 11) is 4.58. The fourth-order valence-electron chi connectivity index (χ4n) is 15.3. The van der Waals surface area contributed by atoms with E-state index >= 15 is 0 Å². The third kappa shape index (κ3) is 11.2. The lowest BCUT2D eigenvalue weighted by atomic mass is 9.42. The quantitative estimate of drug-likeness (QED) is 0.0691. The van der Waals surface area contributed by atoms with Crippen LogP contribution in [0.25, 0.3) is 0 Å². The van der Waals surface area contributed by atoms with Gasteiger partial charge in [-0.05, 0) is 115 Å². The van der Waals surface area contributed by atoms with E-state index in [1.807, 2.05) is 40.7 Å². The first kappa shape index (κ1) is 60.0. The van der Waals surface area contributed by atoms with Gasteiger partial charge in [0.1, 0.15) is 61.0 Å². The number of hydrogen-bond donors (Lipinski definition) is 6. The molecule has 27 atom stereocenters. The van der Waals surface area contributed by atoms with Crippen LogP contribution in [0.1, 0.15) is 127 Å². The molecule has 8 rings (SSSR count). The third-order valence-corrected chi connectivity index (χ3v) is 19.8. The number of allylic oxidation sites excluding steroid dienone is 3. The van der Waals surface area contributed by atoms with Crippen molar-refractivity contribution in [2.75, 3.05) is 27.9 Å². The summed E-state index contributed by atoms with van der Waals surface area (Å²) in [6, 6.07) is 0. The molecule has 76 heavy (non-hydrogen) atoms. The van der Waals surface area contributed by atoms with Gasteiger partial charge in [-0.25, -0.2) is 0 Å². The van der Waals surface area contributed by atoms with Gasteiger partial charge in [0, 0.05) is 58.8 Å². The molecule has 0 aromatic carbocycles. The Morgan fingerprint density at radius 3 is 1.95 bits per heavy atom. The Labute approximate surface area is 448 Å². The molecule has 4 aliphatic carbocycles. The Kier molecular flexibility index (Phi) is 19.1. The highest BCUT2D eigenvalue weighted by Gasteiger charge is 2.70. The van der Waals surface area contributed by atoms with Gasteiger partial charge in [-0.3, -0.25) is 9.59 Å². The van der Waals surface area contributed by atoms with Gasteiger partial charge in [0.15, 0.2) is 30.9 Å². The molecule has 0 aromatic heterocycles. The van der Waals surface area contributed by atoms with Crippen LogP contribution < -0.4 is 0 Å². The van der Waals surface area contributed by atoms with Crippen LogP contribution in [-0.2, 0) is 66.4 Å². The smallest absolute Gasteiger partial charge is 0.302 e. The van der Waals surface area contributed by atoms with Crippen molar-refractivity contribution in [1.29, 1.82) is 0 Å². The lowest BCUT2D eigenvalue weighted by Gasteiger charge is -2.64. The number of esters is 1. The zero-order valence-electron chi connectivity index (χ0n) is 46.7. The molecule has 4 heterocycles. The SMILES string of the molecule is CC=C(C)C(=O)CC1CC2C(CC=C3CC(OC4CC(OC)C(OC5CC(OC)C(OC6OC(C)C(OC7OC(CO)C(O)C(O)C7O)C(OC)C6O)C(C)O5)C(C)O4)CCC32C)C2(O)CCC(C(C)OC(C)=O)C12C. The second-order valence-corrected chi connectivity index (χ2v) is 23.8. The summed E-state index contributed by atoms with van der Waals surface area (Å²) in [4.78, 5) is 26.0. The molecule has 6 N–H and O–H groups in total. The molecule has 20 nitrogen and oxygen atoms in total. The largest absolute Gasteiger partial charge is 0.463 e. The van der Waals surface area contributed by atoms with Crippen LogP contribution in [-0.4, -0.2) is 199 Å². The van der Waals surface area contributed by atoms with Crippen LogP contribution in [0.5, 0.6) is 0 Å². The Morgan fingerprint density at radius 2 is 1.34 bits per heavy atom. The van der Waals surface area contributed by atoms with Crippen molar-refractivity contribution in [1.82, 2.24) is 0 Å². The number of carbonyl (C=O) groups excluding carboxylic acids is 2. The number of Topliss-reactive ketones (excluding diaryl/α,β-unsaturated/α-hetero) is 1. The molecular weight excluding hydrogens is 993 g/mol. The maximum Gasteiger partial charge on any atom is 0.302 e. The minimum absolute atomic E-state index is 0.00113. The molecule has 0 amide bonds. The van der Waals surface area contributed by atoms with E-state index in [2.05, 4.69) is 19.9 Å². The van der Waals surface area contributed by atoms with Crippen molar-refractivity contribution in [3.63, 3.8) is 0 Å². The molecule has 7 fully saturated rings. The summed E-state index contributed by atoms with van der Waals surface area (Å²) >= 11 is 0. The van der Waals surface area contributed by atoms with E-state index in [-0.39, 0.29) is 59.5 Å². The Balaban J connectivity index is 0.873. The van der Waals surface area contributed by atoms with Crippen molar-refractivity contribution in [3.8, 4) is 0 Å². The van der Waals surface area contributed by atoms with Gasteiger partial charge in [-0.15, -0.1) is 0 Å². The second-order valence-electron chi connectivity index (χ2n) is 23.8. The van der Waals surface area contributed by atoms with E-state index in [4.69, 9.17) is 56.8 Å². The van der Waals surface area contributed by atoms with E-state index in [1.165, 1.54) is 19.6 Å². The van der Waals surface area contributed by atoms with Crippen molar-refractivity contribution in [2.24, 2.45) is 34.5 Å². The van der Waals surface area contributed by atoms with Crippen LogP contribution in [0, 0.1) is 34.5 Å². The Morgan fingerprint density at radius 1 is 0.737 bits per heavy atom. The highest BCUT2D eigenvalue weighted by atomic mass is 16.8. The summed E-state index contributed by atoms with van der Waals surface area (Å²) in [6.45, 7) is 16.4. The van der Waals surface area contributed by atoms with Gasteiger partial charge in [0.25, 0.3) is 0 Å². The normalized spacial score (nSPS) is 49.2. The fraction of sp³-hybridized carbons (Fsp3) is 0.893. The second kappa shape index (κ2) is 24.2. The van der Waals surface area contributed by atoms with Crippen molar-refractivity contribution in [2.45, 2.75) is 255 Å². The van der Waals surface area contributed by atoms with Crippen molar-refractivity contribution >= 4 is 11.8 Å². The number of rotatable bonds is 17. The van der Waals surface area contributed by atoms with Gasteiger partial charge >= 0.3 is 5.97 Å². The average Bonchev–Trinajstić information content (AvgIpc) is 3.82. The molecule has 20 heteroatoms. The maximum absolute atomic E-state index is 13.8. The molecule has 3 saturated carbocycles. The maximum atomic E-state index is 13.8. The number of fused-ring (bicyclic) bond motifs is 5. The fourth-order valence-corrected chi connectivity index (χ4v) is 15.3. The van der Waals surface area contributed by atoms with Gasteiger partial charge in [-0.1, -0.05) is 31.6 Å². The Hall–Kier alpha value is -2.06. The minimum atomic E-state index is -1.67. The lowest BCUT2D eigenvalue weighted by molar-refractivity contribution is -0.373. The zero-order chi connectivity index (χ0) is 55.3. The molecule has 4 aliphatic heterocycles. The predicted molar refractivity (Wildman–Crippen MR) is 270 cm³/mol. The molecule has 0 spiro atoms. The summed E-state index contributed by atoms with van der Waals surface area (Å²) in [5, 5.41) is 65.6. The average molecular weight is 1080 g/mol. The van der Waals surface area contributed by atoms with E-state index in [9.17, 15) is 40.2 Å². The first-order valence-electron chi connectivity index (χ1n) is 27.9. The van der Waals surface area contributed by atoms with Gasteiger partial charge in [0.2, 0.25) is 0 Å². The Bertz CT molecular complexity index is 2050. The number of hydrogen-bond acceptors (Lipinski definition) is 20. The number of ketones is 1. The monoisotopic (exact) mass is 1080 g/mol. The van der Waals surface area contributed by atoms with Crippen LogP contribution in [0.4, 0.5) is 0 Å². The summed E-state index contributed by atoms with van der Waals surface area (Å²) in [5.74, 6) is -0.249. The third-order valence-electron chi connectivity index (χ3n) is 19.8. The predicted octanol–water partition coefficient (Wildman–Crippen LogP) is 3.54. The van der Waals surface area contributed by atoms with Gasteiger partial charge in [-0.2, -0.15) is 0 Å². The zero-order valence-corrected chi connectivity index (χ0v) is 46.7. The molecule has 27 unspecified atom stereocenters. The van der Waals surface area contributed by atoms with Gasteiger partial charge < -0.3 is 87.5 Å². The number of ether oxygens (including phenoxy) is 12. The number of aliphatic hydroxyl groups is 6. The van der Waals surface area contributed by atoms with E-state index in [1.54, 1.807) is 21.1 Å². The van der Waals surface area contributed by atoms with E-state index in [0.29, 0.717) is 19.3 Å². The molecule has 0 aromatic rings. The summed E-state index contributed by atoms with van der Waals surface area (Å²) < 4.78 is 74.1. The molecular formula is C56H90O20. The summed E-state index contributed by atoms with van der Waals surface area (Å²) in [6.07, 6.45) is -7.64. The topological polar surface area (TPSA) is 266 Å². The van der Waals surface area contributed by atoms with Crippen molar-refractivity contribution in [3.05, 3.63) is 23.3 Å². The highest BCUT2D eigenvalue weighted by molar-refractivity contribution is 5.94. The van der Waals surface area contributed by atoms with E-state index in [0.717, 1.165) is 44.1 Å². The number of aliphatic hydroxyl groups excluding tert-OH is 5. The number of methoxy groups -OCH3 is 3. The minimum Gasteiger partial charge on any atom is -0.463 e. The van der Waals surface area contributed by atoms with Crippen LogP contribution in [0.3, 0.4) is 0 Å². The molecule has 434 valence electrons. The van der Waals surface area contributed by atoms with Crippen LogP contribution in [0.15, 0.2) is 23.3 Å². The standard InChI is InChI=1S/C56H90O20/c1-13-26(2)38(59)22-33-21-37-36(56(64)19-17-35(55(33,56)9)27(3)68-31(7)58)15-14-32-20-34(16-18-54(32,37)8)72-42-23-39(65-10)48(28(4)69-42)74-43-24-40(66-11)49(29(5)70-43)75-53-47(63)51(67-12)50(30(6)71-53)76-52-46(62)45(61)44(60)41(25-57)73-52/h13-14,27-30,33-37,39-53,57,60-64H,15-25H2,1-12H3. The highest BCUT2D eigenvalue weighted by Crippen LogP contribution is 2.71. The van der Waals surface area contributed by atoms with Crippen LogP contribution in [0.2, 0.25) is 0 Å². The molecule has 8 aliphatic rings. The molecule has 0 bridgehead atoms. The molecule has 4 saturated heterocycles. The molecule has 0 radical (unpaired) electrons. The van der Waals surface area contributed by atoms with E-state index < -0.39 is 128 Å². The van der Waals surface area contributed by atoms with Crippen LogP contribution >= 0.6 is 0 Å².